The Morgan fingerprint density at radius 1 is 1.40 bits per heavy atom. The molecule has 0 aromatic rings. The standard InChI is InChI=1S/C16H26NO2S/c1-6-13-17(8-3,15(5)7-2)20(18,19)16-11-9-14(4)10-12-16/h6,8-9,11,13,15H,3,7,10,12H2,1-2,4-5H3/q+1. The minimum Gasteiger partial charge on any atom is -0.168 e. The van der Waals surface area contributed by atoms with Crippen LogP contribution in [0.2, 0.25) is 0 Å². The van der Waals surface area contributed by atoms with Gasteiger partial charge in [0, 0.05) is 0 Å². The van der Waals surface area contributed by atoms with E-state index in [-0.39, 0.29) is 9.93 Å². The van der Waals surface area contributed by atoms with Crippen LogP contribution in [0, 0.1) is 0 Å². The average molecular weight is 296 g/mol. The molecule has 0 spiro atoms. The van der Waals surface area contributed by atoms with E-state index in [0.717, 1.165) is 12.8 Å². The first kappa shape index (κ1) is 16.9. The molecule has 0 aromatic heterocycles. The molecule has 2 atom stereocenters. The van der Waals surface area contributed by atoms with Crippen LogP contribution in [0.1, 0.15) is 47.0 Å². The maximum absolute atomic E-state index is 13.1. The largest absolute Gasteiger partial charge is 0.332 e. The summed E-state index contributed by atoms with van der Waals surface area (Å²) in [6, 6.07) is -0.0680. The van der Waals surface area contributed by atoms with Gasteiger partial charge in [-0.05, 0) is 58.8 Å². The number of quaternary nitrogens is 1. The van der Waals surface area contributed by atoms with Crippen molar-refractivity contribution in [2.75, 3.05) is 0 Å². The van der Waals surface area contributed by atoms with Gasteiger partial charge in [0.1, 0.15) is 23.3 Å². The maximum Gasteiger partial charge on any atom is 0.332 e. The van der Waals surface area contributed by atoms with Crippen LogP contribution in [0.15, 0.2) is 47.7 Å². The molecule has 1 rings (SSSR count). The molecule has 0 bridgehead atoms. The van der Waals surface area contributed by atoms with Crippen LogP contribution in [-0.4, -0.2) is 18.3 Å². The Morgan fingerprint density at radius 3 is 2.45 bits per heavy atom. The first-order chi connectivity index (χ1) is 9.35. The molecule has 2 unspecified atom stereocenters. The molecule has 4 heteroatoms. The van der Waals surface area contributed by atoms with Crippen LogP contribution in [-0.2, 0) is 10.0 Å². The third-order valence-corrected chi connectivity index (χ3v) is 6.48. The molecule has 0 saturated heterocycles. The molecule has 0 aliphatic heterocycles. The predicted octanol–water partition coefficient (Wildman–Crippen LogP) is 4.23. The Hall–Kier alpha value is -1.13. The van der Waals surface area contributed by atoms with Crippen molar-refractivity contribution in [3.05, 3.63) is 47.7 Å². The molecule has 0 radical (unpaired) electrons. The smallest absolute Gasteiger partial charge is 0.168 e. The van der Waals surface area contributed by atoms with E-state index < -0.39 is 10.0 Å². The Kier molecular flexibility index (Phi) is 5.54. The number of nitrogens with zero attached hydrogens (tertiary/aromatic N) is 1. The first-order valence-electron chi connectivity index (χ1n) is 7.12. The lowest BCUT2D eigenvalue weighted by atomic mass is 10.1. The average Bonchev–Trinajstić information content (AvgIpc) is 2.44. The molecular weight excluding hydrogens is 270 g/mol. The van der Waals surface area contributed by atoms with Crippen LogP contribution in [0.5, 0.6) is 0 Å². The Morgan fingerprint density at radius 2 is 2.05 bits per heavy atom. The molecule has 3 nitrogen and oxygen atoms in total. The van der Waals surface area contributed by atoms with Crippen molar-refractivity contribution < 1.29 is 12.3 Å². The van der Waals surface area contributed by atoms with Crippen molar-refractivity contribution in [3.63, 3.8) is 0 Å². The van der Waals surface area contributed by atoms with Gasteiger partial charge in [0.15, 0.2) is 0 Å². The Labute approximate surface area is 123 Å². The van der Waals surface area contributed by atoms with E-state index in [4.69, 9.17) is 0 Å². The van der Waals surface area contributed by atoms with Gasteiger partial charge in [0.25, 0.3) is 0 Å². The van der Waals surface area contributed by atoms with Gasteiger partial charge in [-0.25, -0.2) is 0 Å². The summed E-state index contributed by atoms with van der Waals surface area (Å²) in [5.41, 5.74) is 1.22. The summed E-state index contributed by atoms with van der Waals surface area (Å²) in [4.78, 5) is 0.501. The SMILES string of the molecule is C=C[N+](C=CC)(C(C)CC)S(=O)(=O)C1=CC=C(C)CC1. The second-order valence-electron chi connectivity index (χ2n) is 5.31. The Bertz CT molecular complexity index is 555. The molecular formula is C16H26NO2S+. The van der Waals surface area contributed by atoms with Crippen LogP contribution in [0.4, 0.5) is 0 Å². The molecule has 0 heterocycles. The van der Waals surface area contributed by atoms with Crippen molar-refractivity contribution in [1.29, 1.82) is 0 Å². The third-order valence-electron chi connectivity index (χ3n) is 4.01. The van der Waals surface area contributed by atoms with Gasteiger partial charge in [-0.1, -0.05) is 18.6 Å². The lowest BCUT2D eigenvalue weighted by Gasteiger charge is -2.35. The lowest BCUT2D eigenvalue weighted by molar-refractivity contribution is -0.722. The summed E-state index contributed by atoms with van der Waals surface area (Å²) in [5, 5.41) is 0. The highest BCUT2D eigenvalue weighted by Crippen LogP contribution is 2.34. The highest BCUT2D eigenvalue weighted by molar-refractivity contribution is 7.90. The molecule has 1 aliphatic carbocycles. The lowest BCUT2D eigenvalue weighted by Crippen LogP contribution is -2.49. The van der Waals surface area contributed by atoms with Crippen LogP contribution >= 0.6 is 0 Å². The fourth-order valence-corrected chi connectivity index (χ4v) is 4.57. The number of allylic oxidation sites excluding steroid dienone is 5. The van der Waals surface area contributed by atoms with Crippen LogP contribution in [0.25, 0.3) is 0 Å². The summed E-state index contributed by atoms with van der Waals surface area (Å²) >= 11 is 0. The molecule has 1 aliphatic rings. The normalized spacial score (nSPS) is 21.0. The highest BCUT2D eigenvalue weighted by atomic mass is 32.2. The minimum absolute atomic E-state index is 0.0680. The van der Waals surface area contributed by atoms with Gasteiger partial charge >= 0.3 is 10.0 Å². The van der Waals surface area contributed by atoms with Crippen LogP contribution < -0.4 is 0 Å². The fraction of sp³-hybridized carbons (Fsp3) is 0.500. The Balaban J connectivity index is 3.43. The van der Waals surface area contributed by atoms with E-state index in [1.165, 1.54) is 11.8 Å². The molecule has 0 amide bonds. The summed E-state index contributed by atoms with van der Waals surface area (Å²) < 4.78 is 26.0. The minimum atomic E-state index is -3.48. The predicted molar refractivity (Wildman–Crippen MR) is 85.0 cm³/mol. The molecule has 0 saturated carbocycles. The van der Waals surface area contributed by atoms with Crippen molar-refractivity contribution in [2.24, 2.45) is 0 Å². The molecule has 20 heavy (non-hydrogen) atoms. The summed E-state index contributed by atoms with van der Waals surface area (Å²) in [7, 11) is -3.48. The van der Waals surface area contributed by atoms with Gasteiger partial charge < -0.3 is 0 Å². The first-order valence-corrected chi connectivity index (χ1v) is 8.56. The van der Waals surface area contributed by atoms with Crippen molar-refractivity contribution in [2.45, 2.75) is 53.0 Å². The topological polar surface area (TPSA) is 34.1 Å². The summed E-state index contributed by atoms with van der Waals surface area (Å²) in [5.74, 6) is 0. The van der Waals surface area contributed by atoms with Crippen molar-refractivity contribution >= 4 is 10.0 Å². The van der Waals surface area contributed by atoms with E-state index in [1.807, 2.05) is 33.8 Å². The van der Waals surface area contributed by atoms with Crippen molar-refractivity contribution in [1.82, 2.24) is 0 Å². The van der Waals surface area contributed by atoms with Gasteiger partial charge in [-0.2, -0.15) is 12.3 Å². The quantitative estimate of drug-likeness (QED) is 0.687. The monoisotopic (exact) mass is 296 g/mol. The summed E-state index contributed by atoms with van der Waals surface area (Å²) in [6.45, 7) is 11.6. The zero-order chi connectivity index (χ0) is 15.4. The zero-order valence-electron chi connectivity index (χ0n) is 13.0. The van der Waals surface area contributed by atoms with Crippen molar-refractivity contribution in [3.8, 4) is 0 Å². The van der Waals surface area contributed by atoms with E-state index in [2.05, 4.69) is 6.58 Å². The van der Waals surface area contributed by atoms with Gasteiger partial charge in [-0.15, -0.1) is 0 Å². The second-order valence-corrected chi connectivity index (χ2v) is 7.41. The van der Waals surface area contributed by atoms with E-state index >= 15 is 0 Å². The van der Waals surface area contributed by atoms with Crippen LogP contribution in [0.3, 0.4) is 0 Å². The number of sulfonamides is 1. The van der Waals surface area contributed by atoms with E-state index in [9.17, 15) is 8.42 Å². The van der Waals surface area contributed by atoms with E-state index in [1.54, 1.807) is 18.4 Å². The zero-order valence-corrected chi connectivity index (χ0v) is 13.8. The van der Waals surface area contributed by atoms with Gasteiger partial charge in [-0.3, -0.25) is 0 Å². The fourth-order valence-electron chi connectivity index (χ4n) is 2.46. The molecule has 0 N–H and O–H groups in total. The van der Waals surface area contributed by atoms with Gasteiger partial charge in [0.2, 0.25) is 0 Å². The molecule has 0 aromatic carbocycles. The van der Waals surface area contributed by atoms with Gasteiger partial charge in [0.05, 0.1) is 0 Å². The molecule has 0 fully saturated rings. The molecule has 112 valence electrons. The third kappa shape index (κ3) is 2.81. The number of rotatable bonds is 6. The number of hydrogen-bond donors (Lipinski definition) is 0. The number of hydrogen-bond acceptors (Lipinski definition) is 2. The van der Waals surface area contributed by atoms with E-state index in [0.29, 0.717) is 11.3 Å². The second kappa shape index (κ2) is 6.55. The highest BCUT2D eigenvalue weighted by Gasteiger charge is 2.44. The maximum atomic E-state index is 13.1. The summed E-state index contributed by atoms with van der Waals surface area (Å²) in [6.07, 6.45) is 10.8.